The third-order valence-electron chi connectivity index (χ3n) is 6.03. The lowest BCUT2D eigenvalue weighted by atomic mass is 9.71. The molecule has 2 aliphatic heterocycles. The fourth-order valence-electron chi connectivity index (χ4n) is 4.62. The van der Waals surface area contributed by atoms with Gasteiger partial charge in [-0.15, -0.1) is 0 Å². The lowest BCUT2D eigenvalue weighted by molar-refractivity contribution is -0.134. The molecule has 3 rings (SSSR count). The predicted molar refractivity (Wildman–Crippen MR) is 85.0 cm³/mol. The summed E-state index contributed by atoms with van der Waals surface area (Å²) in [5, 5.41) is 0. The molecule has 0 radical (unpaired) electrons. The molecule has 0 aromatic heterocycles. The molecule has 3 fully saturated rings. The fraction of sp³-hybridized carbons (Fsp3) is 0.941. The smallest absolute Gasteiger partial charge is 0.223 e. The van der Waals surface area contributed by atoms with E-state index in [1.807, 2.05) is 0 Å². The van der Waals surface area contributed by atoms with Crippen LogP contribution >= 0.6 is 0 Å². The van der Waals surface area contributed by atoms with E-state index in [0.29, 0.717) is 24.9 Å². The van der Waals surface area contributed by atoms with E-state index in [4.69, 9.17) is 5.73 Å². The summed E-state index contributed by atoms with van der Waals surface area (Å²) in [4.78, 5) is 17.6. The highest BCUT2D eigenvalue weighted by molar-refractivity contribution is 5.77. The van der Waals surface area contributed by atoms with Crippen molar-refractivity contribution in [3.05, 3.63) is 0 Å². The maximum Gasteiger partial charge on any atom is 0.223 e. The van der Waals surface area contributed by atoms with Gasteiger partial charge in [-0.25, -0.2) is 0 Å². The lowest BCUT2D eigenvalue weighted by Gasteiger charge is -2.37. The Hall–Kier alpha value is -0.610. The van der Waals surface area contributed by atoms with Crippen molar-refractivity contribution in [1.29, 1.82) is 0 Å². The quantitative estimate of drug-likeness (QED) is 0.865. The molecule has 4 nitrogen and oxygen atoms in total. The van der Waals surface area contributed by atoms with E-state index in [1.165, 1.54) is 45.2 Å². The van der Waals surface area contributed by atoms with Crippen molar-refractivity contribution < 1.29 is 4.79 Å². The third kappa shape index (κ3) is 3.42. The first-order valence-electron chi connectivity index (χ1n) is 8.94. The number of rotatable bonds is 3. The minimum absolute atomic E-state index is 0.108. The van der Waals surface area contributed by atoms with Gasteiger partial charge in [-0.2, -0.15) is 0 Å². The summed E-state index contributed by atoms with van der Waals surface area (Å²) in [7, 11) is 0. The minimum atomic E-state index is 0.108. The summed E-state index contributed by atoms with van der Waals surface area (Å²) in [5.41, 5.74) is 6.16. The Bertz CT molecular complexity index is 365. The highest BCUT2D eigenvalue weighted by Crippen LogP contribution is 2.39. The average molecular weight is 293 g/mol. The molecule has 1 unspecified atom stereocenters. The number of fused-ring (bicyclic) bond motifs is 1. The van der Waals surface area contributed by atoms with Crippen molar-refractivity contribution in [2.75, 3.05) is 32.7 Å². The fourth-order valence-corrected chi connectivity index (χ4v) is 4.62. The summed E-state index contributed by atoms with van der Waals surface area (Å²) >= 11 is 0. The van der Waals surface area contributed by atoms with E-state index in [9.17, 15) is 4.79 Å². The topological polar surface area (TPSA) is 49.6 Å². The molecule has 0 bridgehead atoms. The lowest BCUT2D eigenvalue weighted by Crippen LogP contribution is -2.43. The Morgan fingerprint density at radius 2 is 1.81 bits per heavy atom. The second kappa shape index (κ2) is 6.66. The summed E-state index contributed by atoms with van der Waals surface area (Å²) in [6, 6.07) is 0.622. The van der Waals surface area contributed by atoms with Crippen LogP contribution in [0.15, 0.2) is 0 Å². The van der Waals surface area contributed by atoms with Crippen LogP contribution in [0.1, 0.15) is 57.8 Å². The zero-order valence-electron chi connectivity index (χ0n) is 13.4. The number of carbonyl (C=O) groups excluding carboxylic acids is 1. The molecule has 3 aliphatic rings. The van der Waals surface area contributed by atoms with E-state index in [-0.39, 0.29) is 5.41 Å². The first kappa shape index (κ1) is 15.3. The Labute approximate surface area is 129 Å². The highest BCUT2D eigenvalue weighted by atomic mass is 16.2. The Balaban J connectivity index is 1.61. The second-order valence-corrected chi connectivity index (χ2v) is 7.47. The molecule has 2 heterocycles. The zero-order chi connectivity index (χ0) is 14.7. The number of nitrogens with zero attached hydrogens (tertiary/aromatic N) is 2. The van der Waals surface area contributed by atoms with E-state index in [2.05, 4.69) is 9.80 Å². The molecule has 1 amide bonds. The van der Waals surface area contributed by atoms with Gasteiger partial charge in [0.05, 0.1) is 0 Å². The highest BCUT2D eigenvalue weighted by Gasteiger charge is 2.36. The number of carbonyl (C=O) groups is 1. The second-order valence-electron chi connectivity index (χ2n) is 7.47. The summed E-state index contributed by atoms with van der Waals surface area (Å²) < 4.78 is 0. The summed E-state index contributed by atoms with van der Waals surface area (Å²) in [5.74, 6) is 0.371. The Kier molecular flexibility index (Phi) is 4.85. The Morgan fingerprint density at radius 3 is 2.57 bits per heavy atom. The van der Waals surface area contributed by atoms with Gasteiger partial charge in [0, 0.05) is 32.1 Å². The van der Waals surface area contributed by atoms with Gasteiger partial charge in [0.2, 0.25) is 5.91 Å². The molecule has 0 aromatic carbocycles. The van der Waals surface area contributed by atoms with Crippen LogP contribution in [0, 0.1) is 5.41 Å². The van der Waals surface area contributed by atoms with Gasteiger partial charge in [0.1, 0.15) is 0 Å². The molecule has 1 atom stereocenters. The van der Waals surface area contributed by atoms with E-state index < -0.39 is 0 Å². The van der Waals surface area contributed by atoms with Crippen LogP contribution in [0.4, 0.5) is 0 Å². The van der Waals surface area contributed by atoms with Crippen molar-refractivity contribution >= 4 is 5.91 Å². The molecule has 21 heavy (non-hydrogen) atoms. The van der Waals surface area contributed by atoms with Crippen LogP contribution in [-0.2, 0) is 4.79 Å². The molecule has 1 saturated carbocycles. The number of hydrogen-bond acceptors (Lipinski definition) is 3. The van der Waals surface area contributed by atoms with Crippen LogP contribution in [-0.4, -0.2) is 54.5 Å². The average Bonchev–Trinajstić information content (AvgIpc) is 2.85. The molecule has 120 valence electrons. The molecule has 1 aliphatic carbocycles. The molecule has 2 saturated heterocycles. The van der Waals surface area contributed by atoms with E-state index >= 15 is 0 Å². The summed E-state index contributed by atoms with van der Waals surface area (Å²) in [6.45, 7) is 5.00. The molecule has 2 N–H and O–H groups in total. The van der Waals surface area contributed by atoms with Crippen LogP contribution in [0.25, 0.3) is 0 Å². The predicted octanol–water partition coefficient (Wildman–Crippen LogP) is 1.98. The van der Waals surface area contributed by atoms with Crippen molar-refractivity contribution in [2.45, 2.75) is 63.8 Å². The van der Waals surface area contributed by atoms with Crippen LogP contribution in [0.2, 0.25) is 0 Å². The van der Waals surface area contributed by atoms with Crippen molar-refractivity contribution in [3.63, 3.8) is 0 Å². The van der Waals surface area contributed by atoms with Gasteiger partial charge in [-0.3, -0.25) is 9.69 Å². The largest absolute Gasteiger partial charge is 0.341 e. The van der Waals surface area contributed by atoms with E-state index in [1.54, 1.807) is 0 Å². The van der Waals surface area contributed by atoms with Crippen LogP contribution in [0.5, 0.6) is 0 Å². The molecular weight excluding hydrogens is 262 g/mol. The molecule has 0 aromatic rings. The molecule has 4 heteroatoms. The molecular formula is C17H31N3O. The van der Waals surface area contributed by atoms with Crippen molar-refractivity contribution in [3.8, 4) is 0 Å². The number of amides is 1. The first-order chi connectivity index (χ1) is 10.2. The van der Waals surface area contributed by atoms with Crippen molar-refractivity contribution in [2.24, 2.45) is 11.1 Å². The maximum absolute atomic E-state index is 12.8. The SMILES string of the molecule is NCC1(CC(=O)N2CCCN3CCCC3C2)CCCCC1. The Morgan fingerprint density at radius 1 is 1.05 bits per heavy atom. The van der Waals surface area contributed by atoms with Crippen LogP contribution in [0.3, 0.4) is 0 Å². The maximum atomic E-state index is 12.8. The number of nitrogens with two attached hydrogens (primary N) is 1. The normalized spacial score (nSPS) is 30.0. The monoisotopic (exact) mass is 293 g/mol. The molecule has 0 spiro atoms. The zero-order valence-corrected chi connectivity index (χ0v) is 13.4. The summed E-state index contributed by atoms with van der Waals surface area (Å²) in [6.07, 6.45) is 10.5. The van der Waals surface area contributed by atoms with Gasteiger partial charge in [0.15, 0.2) is 0 Å². The van der Waals surface area contributed by atoms with Gasteiger partial charge in [-0.05, 0) is 50.6 Å². The van der Waals surface area contributed by atoms with Gasteiger partial charge in [-0.1, -0.05) is 19.3 Å². The standard InChI is InChI=1S/C17H31N3O/c18-14-17(7-2-1-3-8-17)12-16(21)20-11-5-10-19-9-4-6-15(19)13-20/h15H,1-14,18H2. The van der Waals surface area contributed by atoms with E-state index in [0.717, 1.165) is 32.4 Å². The van der Waals surface area contributed by atoms with Gasteiger partial charge in [0.25, 0.3) is 0 Å². The first-order valence-corrected chi connectivity index (χ1v) is 8.94. The van der Waals surface area contributed by atoms with Gasteiger partial charge < -0.3 is 10.6 Å². The van der Waals surface area contributed by atoms with Crippen LogP contribution < -0.4 is 5.73 Å². The number of hydrogen-bond donors (Lipinski definition) is 1. The van der Waals surface area contributed by atoms with Gasteiger partial charge >= 0.3 is 0 Å². The minimum Gasteiger partial charge on any atom is -0.341 e. The third-order valence-corrected chi connectivity index (χ3v) is 6.03. The van der Waals surface area contributed by atoms with Crippen molar-refractivity contribution in [1.82, 2.24) is 9.80 Å².